The van der Waals surface area contributed by atoms with Crippen molar-refractivity contribution in [3.05, 3.63) is 29.3 Å². The molecule has 108 valence electrons. The van der Waals surface area contributed by atoms with Crippen molar-refractivity contribution >= 4 is 11.7 Å². The predicted octanol–water partition coefficient (Wildman–Crippen LogP) is 3.14. The number of carboxylic acids is 1. The molecule has 7 heteroatoms. The Morgan fingerprint density at radius 2 is 2.10 bits per heavy atom. The number of halogens is 3. The van der Waals surface area contributed by atoms with Crippen LogP contribution in [-0.4, -0.2) is 24.2 Å². The first-order valence-corrected chi connectivity index (χ1v) is 5.87. The third-order valence-corrected chi connectivity index (χ3v) is 2.78. The highest BCUT2D eigenvalue weighted by Gasteiger charge is 2.35. The predicted molar refractivity (Wildman–Crippen MR) is 66.5 cm³/mol. The molecule has 0 amide bonds. The number of alkyl halides is 3. The first kappa shape index (κ1) is 15.8. The van der Waals surface area contributed by atoms with Gasteiger partial charge in [-0.15, -0.1) is 0 Å². The van der Waals surface area contributed by atoms with Crippen LogP contribution in [0.2, 0.25) is 0 Å². The molecule has 0 aliphatic rings. The second kappa shape index (κ2) is 6.28. The average molecular weight is 286 g/mol. The number of nitriles is 1. The van der Waals surface area contributed by atoms with Crippen molar-refractivity contribution in [1.82, 2.24) is 0 Å². The van der Waals surface area contributed by atoms with Crippen LogP contribution in [0.3, 0.4) is 0 Å². The monoisotopic (exact) mass is 286 g/mol. The minimum absolute atomic E-state index is 0.176. The molecular weight excluding hydrogens is 273 g/mol. The maximum Gasteiger partial charge on any atom is 0.417 e. The number of nitrogens with zero attached hydrogens (tertiary/aromatic N) is 2. The first-order chi connectivity index (χ1) is 9.31. The average Bonchev–Trinajstić information content (AvgIpc) is 2.38. The van der Waals surface area contributed by atoms with Gasteiger partial charge in [-0.05, 0) is 25.1 Å². The fraction of sp³-hybridized carbons (Fsp3) is 0.385. The lowest BCUT2D eigenvalue weighted by molar-refractivity contribution is -0.138. The van der Waals surface area contributed by atoms with Crippen LogP contribution >= 0.6 is 0 Å². The van der Waals surface area contributed by atoms with E-state index in [4.69, 9.17) is 10.4 Å². The van der Waals surface area contributed by atoms with Crippen LogP contribution in [0.25, 0.3) is 0 Å². The molecular formula is C13H13F3N2O2. The maximum absolute atomic E-state index is 12.9. The fourth-order valence-corrected chi connectivity index (χ4v) is 1.80. The second-order valence-corrected chi connectivity index (χ2v) is 4.02. The zero-order valence-electron chi connectivity index (χ0n) is 10.7. The minimum atomic E-state index is -4.74. The van der Waals surface area contributed by atoms with Crippen molar-refractivity contribution in [2.24, 2.45) is 0 Å². The van der Waals surface area contributed by atoms with E-state index in [1.807, 2.05) is 6.07 Å². The number of benzene rings is 1. The number of aromatic carboxylic acids is 1. The zero-order chi connectivity index (χ0) is 15.3. The number of anilines is 1. The molecule has 0 unspecified atom stereocenters. The van der Waals surface area contributed by atoms with Gasteiger partial charge < -0.3 is 10.0 Å². The summed E-state index contributed by atoms with van der Waals surface area (Å²) in [6, 6.07) is 4.99. The van der Waals surface area contributed by atoms with Crippen LogP contribution in [0.4, 0.5) is 18.9 Å². The van der Waals surface area contributed by atoms with Crippen LogP contribution in [0.15, 0.2) is 18.2 Å². The van der Waals surface area contributed by atoms with E-state index in [2.05, 4.69) is 0 Å². The van der Waals surface area contributed by atoms with Crippen LogP contribution in [0.1, 0.15) is 29.3 Å². The summed E-state index contributed by atoms with van der Waals surface area (Å²) in [4.78, 5) is 12.4. The van der Waals surface area contributed by atoms with E-state index in [1.165, 1.54) is 6.07 Å². The smallest absolute Gasteiger partial charge is 0.417 e. The Balaban J connectivity index is 3.25. The van der Waals surface area contributed by atoms with Gasteiger partial charge in [0.1, 0.15) is 0 Å². The lowest BCUT2D eigenvalue weighted by Crippen LogP contribution is -2.24. The van der Waals surface area contributed by atoms with E-state index >= 15 is 0 Å². The molecule has 1 aromatic rings. The summed E-state index contributed by atoms with van der Waals surface area (Å²) in [5, 5.41) is 17.3. The SMILES string of the molecule is CCN(CCC#N)c1ccc(C(=O)O)c(C(F)(F)F)c1. The summed E-state index contributed by atoms with van der Waals surface area (Å²) in [6.07, 6.45) is -4.56. The van der Waals surface area contributed by atoms with Gasteiger partial charge >= 0.3 is 12.1 Å². The molecule has 0 saturated carbocycles. The highest BCUT2D eigenvalue weighted by Crippen LogP contribution is 2.34. The Hall–Kier alpha value is -2.23. The molecule has 0 bridgehead atoms. The number of hydrogen-bond donors (Lipinski definition) is 1. The minimum Gasteiger partial charge on any atom is -0.478 e. The fourth-order valence-electron chi connectivity index (χ4n) is 1.80. The molecule has 0 fully saturated rings. The van der Waals surface area contributed by atoms with E-state index in [9.17, 15) is 18.0 Å². The molecule has 0 aliphatic carbocycles. The molecule has 0 aliphatic heterocycles. The quantitative estimate of drug-likeness (QED) is 0.903. The van der Waals surface area contributed by atoms with Crippen LogP contribution in [0, 0.1) is 11.3 Å². The van der Waals surface area contributed by atoms with Crippen LogP contribution in [-0.2, 0) is 6.18 Å². The van der Waals surface area contributed by atoms with Gasteiger partial charge in [0, 0.05) is 18.8 Å². The summed E-state index contributed by atoms with van der Waals surface area (Å²) in [7, 11) is 0. The van der Waals surface area contributed by atoms with Crippen molar-refractivity contribution in [1.29, 1.82) is 5.26 Å². The van der Waals surface area contributed by atoms with Crippen molar-refractivity contribution in [2.45, 2.75) is 19.5 Å². The Kier molecular flexibility index (Phi) is 4.97. The normalized spacial score (nSPS) is 10.9. The van der Waals surface area contributed by atoms with E-state index in [0.717, 1.165) is 12.1 Å². The standard InChI is InChI=1S/C13H13F3N2O2/c1-2-18(7-3-6-17)9-4-5-10(12(19)20)11(8-9)13(14,15)16/h4-5,8H,2-3,7H2,1H3,(H,19,20). The molecule has 1 rings (SSSR count). The molecule has 4 nitrogen and oxygen atoms in total. The molecule has 0 heterocycles. The van der Waals surface area contributed by atoms with Gasteiger partial charge in [-0.2, -0.15) is 18.4 Å². The van der Waals surface area contributed by atoms with Gasteiger partial charge in [0.2, 0.25) is 0 Å². The molecule has 20 heavy (non-hydrogen) atoms. The molecule has 0 atom stereocenters. The Morgan fingerprint density at radius 1 is 1.45 bits per heavy atom. The highest BCUT2D eigenvalue weighted by atomic mass is 19.4. The van der Waals surface area contributed by atoms with Gasteiger partial charge in [-0.1, -0.05) is 0 Å². The third-order valence-electron chi connectivity index (χ3n) is 2.78. The number of rotatable bonds is 5. The maximum atomic E-state index is 12.9. The van der Waals surface area contributed by atoms with E-state index in [0.29, 0.717) is 6.54 Å². The third kappa shape index (κ3) is 3.63. The van der Waals surface area contributed by atoms with Gasteiger partial charge in [0.25, 0.3) is 0 Å². The van der Waals surface area contributed by atoms with Crippen molar-refractivity contribution < 1.29 is 23.1 Å². The summed E-state index contributed by atoms with van der Waals surface area (Å²) in [6.45, 7) is 2.46. The highest BCUT2D eigenvalue weighted by molar-refractivity contribution is 5.90. The molecule has 1 N–H and O–H groups in total. The summed E-state index contributed by atoms with van der Waals surface area (Å²) in [5.41, 5.74) is -1.71. The molecule has 1 aromatic carbocycles. The summed E-state index contributed by atoms with van der Waals surface area (Å²) >= 11 is 0. The Bertz CT molecular complexity index is 535. The van der Waals surface area contributed by atoms with Gasteiger partial charge in [0.05, 0.1) is 23.6 Å². The van der Waals surface area contributed by atoms with Gasteiger partial charge in [0.15, 0.2) is 0 Å². The topological polar surface area (TPSA) is 64.3 Å². The Morgan fingerprint density at radius 3 is 2.55 bits per heavy atom. The number of carbonyl (C=O) groups is 1. The van der Waals surface area contributed by atoms with E-state index in [-0.39, 0.29) is 18.7 Å². The number of carboxylic acid groups (broad SMARTS) is 1. The molecule has 0 radical (unpaired) electrons. The van der Waals surface area contributed by atoms with Crippen molar-refractivity contribution in [2.75, 3.05) is 18.0 Å². The first-order valence-electron chi connectivity index (χ1n) is 5.87. The van der Waals surface area contributed by atoms with Gasteiger partial charge in [-0.25, -0.2) is 4.79 Å². The second-order valence-electron chi connectivity index (χ2n) is 4.02. The van der Waals surface area contributed by atoms with E-state index < -0.39 is 23.3 Å². The largest absolute Gasteiger partial charge is 0.478 e. The lowest BCUT2D eigenvalue weighted by Gasteiger charge is -2.23. The molecule has 0 aromatic heterocycles. The zero-order valence-corrected chi connectivity index (χ0v) is 10.7. The lowest BCUT2D eigenvalue weighted by atomic mass is 10.1. The van der Waals surface area contributed by atoms with Crippen LogP contribution in [0.5, 0.6) is 0 Å². The number of hydrogen-bond acceptors (Lipinski definition) is 3. The van der Waals surface area contributed by atoms with Crippen LogP contribution < -0.4 is 4.90 Å². The Labute approximate surface area is 114 Å². The molecule has 0 saturated heterocycles. The van der Waals surface area contributed by atoms with Gasteiger partial charge in [-0.3, -0.25) is 0 Å². The van der Waals surface area contributed by atoms with Crippen molar-refractivity contribution in [3.8, 4) is 6.07 Å². The van der Waals surface area contributed by atoms with E-state index in [1.54, 1.807) is 11.8 Å². The summed E-state index contributed by atoms with van der Waals surface area (Å²) < 4.78 is 38.6. The molecule has 0 spiro atoms. The van der Waals surface area contributed by atoms with Crippen molar-refractivity contribution in [3.63, 3.8) is 0 Å². The summed E-state index contributed by atoms with van der Waals surface area (Å²) in [5.74, 6) is -1.62.